The van der Waals surface area contributed by atoms with Crippen LogP contribution < -0.4 is 0 Å². The molecule has 0 aliphatic carbocycles. The van der Waals surface area contributed by atoms with Gasteiger partial charge in [-0.1, -0.05) is 29.8 Å². The topological polar surface area (TPSA) is 62.2 Å². The van der Waals surface area contributed by atoms with Gasteiger partial charge < -0.3 is 4.74 Å². The molecule has 1 saturated heterocycles. The summed E-state index contributed by atoms with van der Waals surface area (Å²) in [6, 6.07) is 12.2. The second kappa shape index (κ2) is 10.5. The molecule has 2 atom stereocenters. The van der Waals surface area contributed by atoms with Gasteiger partial charge in [0.1, 0.15) is 5.82 Å². The third-order valence-electron chi connectivity index (χ3n) is 6.59. The van der Waals surface area contributed by atoms with Gasteiger partial charge >= 0.3 is 5.97 Å². The first-order valence-electron chi connectivity index (χ1n) is 12.0. The van der Waals surface area contributed by atoms with Gasteiger partial charge in [0, 0.05) is 18.5 Å². The molecule has 0 aromatic heterocycles. The highest BCUT2D eigenvalue weighted by atomic mass is 19.1. The molecule has 1 fully saturated rings. The molecule has 2 aliphatic rings. The molecule has 0 saturated carbocycles. The van der Waals surface area contributed by atoms with E-state index >= 15 is 0 Å². The molecule has 2 aromatic rings. The molecule has 4 rings (SSSR count). The number of carbonyl (C=O) groups excluding carboxylic acids is 2. The number of halogens is 1. The minimum absolute atomic E-state index is 0.154. The number of piperidine rings is 1. The van der Waals surface area contributed by atoms with Crippen LogP contribution in [0.25, 0.3) is 0 Å². The number of rotatable bonds is 6. The summed E-state index contributed by atoms with van der Waals surface area (Å²) >= 11 is 0. The second-order valence-corrected chi connectivity index (χ2v) is 9.20. The van der Waals surface area contributed by atoms with Crippen molar-refractivity contribution < 1.29 is 18.7 Å². The maximum Gasteiger partial charge on any atom is 0.310 e. The van der Waals surface area contributed by atoms with Crippen LogP contribution in [0, 0.1) is 25.6 Å². The predicted molar refractivity (Wildman–Crippen MR) is 129 cm³/mol. The Bertz CT molecular complexity index is 1100. The van der Waals surface area contributed by atoms with Gasteiger partial charge in [0.15, 0.2) is 0 Å². The molecule has 2 unspecified atom stereocenters. The highest BCUT2D eigenvalue weighted by molar-refractivity contribution is 6.04. The molecule has 2 heterocycles. The molecule has 0 bridgehead atoms. The molecular formula is C27H32FN3O3. The number of benzene rings is 2. The summed E-state index contributed by atoms with van der Waals surface area (Å²) in [7, 11) is 0. The summed E-state index contributed by atoms with van der Waals surface area (Å²) in [5.74, 6) is -0.903. The van der Waals surface area contributed by atoms with Crippen LogP contribution in [0.2, 0.25) is 0 Å². The maximum atomic E-state index is 14.0. The summed E-state index contributed by atoms with van der Waals surface area (Å²) in [4.78, 5) is 27.7. The van der Waals surface area contributed by atoms with Gasteiger partial charge in [-0.25, -0.2) is 9.40 Å². The van der Waals surface area contributed by atoms with E-state index in [9.17, 15) is 14.0 Å². The van der Waals surface area contributed by atoms with Crippen LogP contribution in [0.4, 0.5) is 4.39 Å². The predicted octanol–water partition coefficient (Wildman–Crippen LogP) is 4.40. The van der Waals surface area contributed by atoms with Gasteiger partial charge in [-0.05, 0) is 69.5 Å². The van der Waals surface area contributed by atoms with Crippen LogP contribution in [0.15, 0.2) is 47.6 Å². The van der Waals surface area contributed by atoms with Crippen molar-refractivity contribution in [3.8, 4) is 0 Å². The summed E-state index contributed by atoms with van der Waals surface area (Å²) in [6.45, 7) is 7.61. The normalized spacial score (nSPS) is 20.8. The van der Waals surface area contributed by atoms with E-state index in [-0.39, 0.29) is 36.2 Å². The summed E-state index contributed by atoms with van der Waals surface area (Å²) in [6.07, 6.45) is 2.13. The van der Waals surface area contributed by atoms with Crippen LogP contribution in [0.5, 0.6) is 0 Å². The van der Waals surface area contributed by atoms with Crippen molar-refractivity contribution in [2.45, 2.75) is 46.1 Å². The molecule has 180 valence electrons. The van der Waals surface area contributed by atoms with Gasteiger partial charge in [-0.15, -0.1) is 0 Å². The number of amides is 1. The number of nitrogens with zero attached hydrogens (tertiary/aromatic N) is 3. The number of ether oxygens (including phenoxy) is 1. The van der Waals surface area contributed by atoms with E-state index in [0.29, 0.717) is 19.6 Å². The van der Waals surface area contributed by atoms with Crippen molar-refractivity contribution >= 4 is 17.6 Å². The monoisotopic (exact) mass is 465 g/mol. The second-order valence-electron chi connectivity index (χ2n) is 9.20. The Kier molecular flexibility index (Phi) is 7.41. The lowest BCUT2D eigenvalue weighted by atomic mass is 9.95. The van der Waals surface area contributed by atoms with Crippen molar-refractivity contribution in [1.82, 2.24) is 9.91 Å². The van der Waals surface area contributed by atoms with E-state index < -0.39 is 0 Å². The average molecular weight is 466 g/mol. The number of likely N-dealkylation sites (tertiary alicyclic amines) is 1. The lowest BCUT2D eigenvalue weighted by molar-refractivity contribution is -0.150. The van der Waals surface area contributed by atoms with Crippen molar-refractivity contribution in [2.24, 2.45) is 11.0 Å². The Hall–Kier alpha value is -3.06. The van der Waals surface area contributed by atoms with Gasteiger partial charge in [0.25, 0.3) is 5.91 Å². The van der Waals surface area contributed by atoms with E-state index in [1.807, 2.05) is 24.8 Å². The summed E-state index contributed by atoms with van der Waals surface area (Å²) in [5.41, 5.74) is 4.77. The van der Waals surface area contributed by atoms with Crippen LogP contribution in [-0.2, 0) is 14.3 Å². The minimum Gasteiger partial charge on any atom is -0.466 e. The van der Waals surface area contributed by atoms with Gasteiger partial charge in [0.05, 0.1) is 30.8 Å². The Labute approximate surface area is 200 Å². The first-order valence-corrected chi connectivity index (χ1v) is 12.0. The van der Waals surface area contributed by atoms with E-state index in [2.05, 4.69) is 18.2 Å². The number of carbonyl (C=O) groups is 2. The molecule has 7 heteroatoms. The Morgan fingerprint density at radius 3 is 2.76 bits per heavy atom. The zero-order chi connectivity index (χ0) is 24.2. The summed E-state index contributed by atoms with van der Waals surface area (Å²) < 4.78 is 19.2. The average Bonchev–Trinajstić information content (AvgIpc) is 3.26. The molecular weight excluding hydrogens is 433 g/mol. The van der Waals surface area contributed by atoms with E-state index in [1.165, 1.54) is 17.1 Å². The fourth-order valence-corrected chi connectivity index (χ4v) is 4.84. The van der Waals surface area contributed by atoms with Crippen molar-refractivity contribution in [3.63, 3.8) is 0 Å². The molecule has 6 nitrogen and oxygen atoms in total. The van der Waals surface area contributed by atoms with E-state index in [0.717, 1.165) is 47.4 Å². The number of hydrogen-bond acceptors (Lipinski definition) is 5. The van der Waals surface area contributed by atoms with Crippen LogP contribution in [-0.4, -0.2) is 53.7 Å². The molecule has 0 radical (unpaired) electrons. The van der Waals surface area contributed by atoms with Gasteiger partial charge in [-0.2, -0.15) is 5.10 Å². The fourth-order valence-electron chi connectivity index (χ4n) is 4.84. The Morgan fingerprint density at radius 1 is 1.18 bits per heavy atom. The van der Waals surface area contributed by atoms with E-state index in [4.69, 9.17) is 9.84 Å². The summed E-state index contributed by atoms with van der Waals surface area (Å²) in [5, 5.41) is 6.27. The molecule has 0 spiro atoms. The molecule has 2 aliphatic heterocycles. The number of esters is 1. The first kappa shape index (κ1) is 24.1. The van der Waals surface area contributed by atoms with Gasteiger partial charge in [-0.3, -0.25) is 14.5 Å². The van der Waals surface area contributed by atoms with Crippen LogP contribution in [0.1, 0.15) is 54.5 Å². The smallest absolute Gasteiger partial charge is 0.310 e. The van der Waals surface area contributed by atoms with Gasteiger partial charge in [0.2, 0.25) is 0 Å². The lowest BCUT2D eigenvalue weighted by Crippen LogP contribution is -2.44. The molecule has 2 aromatic carbocycles. The van der Waals surface area contributed by atoms with E-state index in [1.54, 1.807) is 13.0 Å². The number of hydrazone groups is 1. The third-order valence-corrected chi connectivity index (χ3v) is 6.59. The minimum atomic E-state index is -0.372. The Morgan fingerprint density at radius 2 is 2.00 bits per heavy atom. The van der Waals surface area contributed by atoms with Crippen molar-refractivity contribution in [1.29, 1.82) is 0 Å². The zero-order valence-corrected chi connectivity index (χ0v) is 20.1. The quantitative estimate of drug-likeness (QED) is 0.594. The largest absolute Gasteiger partial charge is 0.466 e. The van der Waals surface area contributed by atoms with Crippen molar-refractivity contribution in [2.75, 3.05) is 26.2 Å². The molecule has 0 N–H and O–H groups in total. The highest BCUT2D eigenvalue weighted by Gasteiger charge is 2.35. The first-order chi connectivity index (χ1) is 16.4. The molecule has 1 amide bonds. The third kappa shape index (κ3) is 5.36. The van der Waals surface area contributed by atoms with Crippen molar-refractivity contribution in [3.05, 3.63) is 70.5 Å². The molecule has 34 heavy (non-hydrogen) atoms. The Balaban J connectivity index is 1.57. The number of aryl methyl sites for hydroxylation is 2. The fraction of sp³-hybridized carbons (Fsp3) is 0.444. The maximum absolute atomic E-state index is 14.0. The lowest BCUT2D eigenvalue weighted by Gasteiger charge is -2.32. The van der Waals surface area contributed by atoms with Crippen LogP contribution in [0.3, 0.4) is 0 Å². The number of hydrogen-bond donors (Lipinski definition) is 0. The zero-order valence-electron chi connectivity index (χ0n) is 20.1. The van der Waals surface area contributed by atoms with Crippen LogP contribution >= 0.6 is 0 Å². The standard InChI is InChI=1S/C27H32FN3O3/c1-4-34-27(33)21-8-6-12-30(16-21)17-26(32)31-25(20-7-5-9-22(28)14-20)15-24(29-31)23-13-18(2)10-11-19(23)3/h5,7,9-11,13-14,21,25H,4,6,8,12,15-17H2,1-3H3. The SMILES string of the molecule is CCOC(=O)C1CCCN(CC(=O)N2N=C(c3cc(C)ccc3C)CC2c2cccc(F)c2)C1. The highest BCUT2D eigenvalue weighted by Crippen LogP contribution is 2.34.